The number of carbonyl (C=O) groups excluding carboxylic acids is 1. The number of para-hydroxylation sites is 1. The molecule has 0 aliphatic rings. The Morgan fingerprint density at radius 1 is 1.00 bits per heavy atom. The van der Waals surface area contributed by atoms with Crippen LogP contribution in [-0.2, 0) is 4.74 Å². The Bertz CT molecular complexity index is 537. The first kappa shape index (κ1) is 13.1. The van der Waals surface area contributed by atoms with E-state index in [2.05, 4.69) is 0 Å². The smallest absolute Gasteiger partial charge is 0.343 e. The van der Waals surface area contributed by atoms with Crippen LogP contribution in [0.1, 0.15) is 10.4 Å². The molecule has 0 amide bonds. The summed E-state index contributed by atoms with van der Waals surface area (Å²) >= 11 is 0. The van der Waals surface area contributed by atoms with Crippen molar-refractivity contribution in [1.29, 1.82) is 0 Å². The lowest BCUT2D eigenvalue weighted by Crippen LogP contribution is -2.08. The summed E-state index contributed by atoms with van der Waals surface area (Å²) in [5, 5.41) is 0. The van der Waals surface area contributed by atoms with Crippen molar-refractivity contribution in [3.63, 3.8) is 0 Å². The number of ether oxygens (including phenoxy) is 3. The van der Waals surface area contributed by atoms with E-state index in [1.54, 1.807) is 48.5 Å². The third-order valence-corrected chi connectivity index (χ3v) is 2.37. The van der Waals surface area contributed by atoms with Crippen LogP contribution >= 0.6 is 0 Å². The first-order chi connectivity index (χ1) is 9.29. The van der Waals surface area contributed by atoms with Gasteiger partial charge in [0.05, 0.1) is 5.56 Å². The number of methoxy groups -OCH3 is 1. The molecule has 0 saturated carbocycles. The van der Waals surface area contributed by atoms with Crippen LogP contribution < -0.4 is 9.47 Å². The van der Waals surface area contributed by atoms with Crippen molar-refractivity contribution in [3.05, 3.63) is 60.2 Å². The van der Waals surface area contributed by atoms with E-state index in [4.69, 9.17) is 14.2 Å². The van der Waals surface area contributed by atoms with Gasteiger partial charge in [-0.05, 0) is 30.3 Å². The van der Waals surface area contributed by atoms with Gasteiger partial charge in [-0.1, -0.05) is 24.3 Å². The summed E-state index contributed by atoms with van der Waals surface area (Å²) < 4.78 is 15.3. The summed E-state index contributed by atoms with van der Waals surface area (Å²) in [5.74, 6) is 0.647. The lowest BCUT2D eigenvalue weighted by atomic mass is 10.2. The molecule has 2 aromatic carbocycles. The monoisotopic (exact) mass is 258 g/mol. The predicted molar refractivity (Wildman–Crippen MR) is 70.3 cm³/mol. The van der Waals surface area contributed by atoms with Crippen LogP contribution in [-0.4, -0.2) is 19.9 Å². The molecule has 0 N–H and O–H groups in total. The highest BCUT2D eigenvalue weighted by Crippen LogP contribution is 2.16. The topological polar surface area (TPSA) is 44.8 Å². The highest BCUT2D eigenvalue weighted by molar-refractivity contribution is 5.91. The zero-order chi connectivity index (χ0) is 13.5. The first-order valence-corrected chi connectivity index (χ1v) is 5.78. The Hall–Kier alpha value is -2.33. The third kappa shape index (κ3) is 3.82. The predicted octanol–water partition coefficient (Wildman–Crippen LogP) is 2.89. The fraction of sp³-hybridized carbons (Fsp3) is 0.133. The number of hydrogen-bond acceptors (Lipinski definition) is 4. The minimum atomic E-state index is -0.422. The summed E-state index contributed by atoms with van der Waals surface area (Å²) in [7, 11) is 1.54. The fourth-order valence-electron chi connectivity index (χ4n) is 1.49. The van der Waals surface area contributed by atoms with Crippen molar-refractivity contribution in [2.45, 2.75) is 0 Å². The molecule has 19 heavy (non-hydrogen) atoms. The number of hydrogen-bond donors (Lipinski definition) is 0. The van der Waals surface area contributed by atoms with E-state index in [9.17, 15) is 4.79 Å². The largest absolute Gasteiger partial charge is 0.468 e. The van der Waals surface area contributed by atoms with Gasteiger partial charge in [-0.15, -0.1) is 0 Å². The summed E-state index contributed by atoms with van der Waals surface area (Å²) in [4.78, 5) is 11.9. The lowest BCUT2D eigenvalue weighted by Gasteiger charge is -2.07. The molecule has 2 rings (SSSR count). The van der Waals surface area contributed by atoms with E-state index in [0.29, 0.717) is 17.1 Å². The number of esters is 1. The standard InChI is InChI=1S/C15H14O4/c1-17-11-18-14-9-5-6-12(10-14)15(16)19-13-7-3-2-4-8-13/h2-10H,11H2,1H3. The molecule has 0 aromatic heterocycles. The SMILES string of the molecule is COCOc1cccc(C(=O)Oc2ccccc2)c1. The zero-order valence-electron chi connectivity index (χ0n) is 10.5. The molecular weight excluding hydrogens is 244 g/mol. The third-order valence-electron chi connectivity index (χ3n) is 2.37. The van der Waals surface area contributed by atoms with Crippen molar-refractivity contribution in [2.75, 3.05) is 13.9 Å². The van der Waals surface area contributed by atoms with Gasteiger partial charge in [0, 0.05) is 7.11 Å². The highest BCUT2D eigenvalue weighted by Gasteiger charge is 2.09. The van der Waals surface area contributed by atoms with Gasteiger partial charge in [-0.2, -0.15) is 0 Å². The van der Waals surface area contributed by atoms with Gasteiger partial charge < -0.3 is 14.2 Å². The van der Waals surface area contributed by atoms with Gasteiger partial charge in [0.2, 0.25) is 0 Å². The average Bonchev–Trinajstić information content (AvgIpc) is 2.46. The molecule has 0 fully saturated rings. The molecule has 0 aliphatic heterocycles. The Morgan fingerprint density at radius 3 is 2.47 bits per heavy atom. The zero-order valence-corrected chi connectivity index (χ0v) is 10.5. The van der Waals surface area contributed by atoms with Gasteiger partial charge in [0.15, 0.2) is 6.79 Å². The van der Waals surface area contributed by atoms with Crippen LogP contribution in [0.4, 0.5) is 0 Å². The highest BCUT2D eigenvalue weighted by atomic mass is 16.7. The van der Waals surface area contributed by atoms with Crippen LogP contribution in [0.2, 0.25) is 0 Å². The van der Waals surface area contributed by atoms with Crippen LogP contribution in [0.5, 0.6) is 11.5 Å². The molecular formula is C15H14O4. The maximum absolute atomic E-state index is 11.9. The Morgan fingerprint density at radius 2 is 1.74 bits per heavy atom. The van der Waals surface area contributed by atoms with Crippen LogP contribution in [0.3, 0.4) is 0 Å². The van der Waals surface area contributed by atoms with Gasteiger partial charge in [-0.3, -0.25) is 0 Å². The van der Waals surface area contributed by atoms with Crippen molar-refractivity contribution in [2.24, 2.45) is 0 Å². The Kier molecular flexibility index (Phi) is 4.53. The fourth-order valence-corrected chi connectivity index (χ4v) is 1.49. The molecule has 0 radical (unpaired) electrons. The molecule has 0 atom stereocenters. The first-order valence-electron chi connectivity index (χ1n) is 5.78. The minimum absolute atomic E-state index is 0.136. The maximum atomic E-state index is 11.9. The van der Waals surface area contributed by atoms with E-state index < -0.39 is 5.97 Å². The lowest BCUT2D eigenvalue weighted by molar-refractivity contribution is 0.0508. The number of rotatable bonds is 5. The van der Waals surface area contributed by atoms with Gasteiger partial charge >= 0.3 is 5.97 Å². The quantitative estimate of drug-likeness (QED) is 0.470. The molecule has 0 unspecified atom stereocenters. The Balaban J connectivity index is 2.06. The van der Waals surface area contributed by atoms with Gasteiger partial charge in [-0.25, -0.2) is 4.79 Å². The van der Waals surface area contributed by atoms with Crippen molar-refractivity contribution in [3.8, 4) is 11.5 Å². The van der Waals surface area contributed by atoms with Crippen molar-refractivity contribution >= 4 is 5.97 Å². The normalized spacial score (nSPS) is 9.95. The van der Waals surface area contributed by atoms with Crippen LogP contribution in [0, 0.1) is 0 Å². The van der Waals surface area contributed by atoms with Crippen LogP contribution in [0.15, 0.2) is 54.6 Å². The summed E-state index contributed by atoms with van der Waals surface area (Å²) in [5.41, 5.74) is 0.428. The summed E-state index contributed by atoms with van der Waals surface area (Å²) in [6.07, 6.45) is 0. The summed E-state index contributed by atoms with van der Waals surface area (Å²) in [6.45, 7) is 0.136. The van der Waals surface area contributed by atoms with E-state index in [1.807, 2.05) is 6.07 Å². The molecule has 0 bridgehead atoms. The van der Waals surface area contributed by atoms with Crippen LogP contribution in [0.25, 0.3) is 0 Å². The second-order valence-corrected chi connectivity index (χ2v) is 3.78. The molecule has 0 saturated heterocycles. The summed E-state index contributed by atoms with van der Waals surface area (Å²) in [6, 6.07) is 15.7. The second kappa shape index (κ2) is 6.56. The minimum Gasteiger partial charge on any atom is -0.468 e. The molecule has 0 spiro atoms. The molecule has 0 heterocycles. The Labute approximate surface area is 111 Å². The van der Waals surface area contributed by atoms with Gasteiger partial charge in [0.1, 0.15) is 11.5 Å². The van der Waals surface area contributed by atoms with E-state index >= 15 is 0 Å². The van der Waals surface area contributed by atoms with E-state index in [0.717, 1.165) is 0 Å². The van der Waals surface area contributed by atoms with E-state index in [-0.39, 0.29) is 6.79 Å². The molecule has 0 aliphatic carbocycles. The molecule has 4 nitrogen and oxygen atoms in total. The average molecular weight is 258 g/mol. The van der Waals surface area contributed by atoms with Crippen molar-refractivity contribution < 1.29 is 19.0 Å². The van der Waals surface area contributed by atoms with Crippen molar-refractivity contribution in [1.82, 2.24) is 0 Å². The number of carbonyl (C=O) groups is 1. The maximum Gasteiger partial charge on any atom is 0.343 e. The van der Waals surface area contributed by atoms with Gasteiger partial charge in [0.25, 0.3) is 0 Å². The number of benzene rings is 2. The van der Waals surface area contributed by atoms with E-state index in [1.165, 1.54) is 7.11 Å². The molecule has 4 heteroatoms. The molecule has 2 aromatic rings. The molecule has 98 valence electrons. The second-order valence-electron chi connectivity index (χ2n) is 3.78.